The van der Waals surface area contributed by atoms with Crippen LogP contribution in [-0.4, -0.2) is 42.7 Å². The highest BCUT2D eigenvalue weighted by molar-refractivity contribution is 7.99. The van der Waals surface area contributed by atoms with Gasteiger partial charge in [0.2, 0.25) is 10.0 Å². The molecule has 0 aliphatic rings. The molecule has 31 heavy (non-hydrogen) atoms. The van der Waals surface area contributed by atoms with Crippen LogP contribution in [0, 0.1) is 0 Å². The maximum atomic E-state index is 11.9. The Morgan fingerprint density at radius 2 is 1.94 bits per heavy atom. The maximum absolute atomic E-state index is 11.9. The number of ether oxygens (including phenoxy) is 1. The fourth-order valence-corrected chi connectivity index (χ4v) is 4.74. The van der Waals surface area contributed by atoms with E-state index in [-0.39, 0.29) is 0 Å². The number of rotatable bonds is 9. The van der Waals surface area contributed by atoms with E-state index < -0.39 is 21.7 Å². The Labute approximate surface area is 189 Å². The van der Waals surface area contributed by atoms with Crippen molar-refractivity contribution in [3.63, 3.8) is 0 Å². The molecule has 0 unspecified atom stereocenters. The molecule has 1 aromatic heterocycles. The molecule has 0 bridgehead atoms. The lowest BCUT2D eigenvalue weighted by Crippen LogP contribution is -2.34. The van der Waals surface area contributed by atoms with Crippen molar-refractivity contribution in [1.29, 1.82) is 0 Å². The number of nitrogens with zero attached hydrogens (tertiary/aromatic N) is 2. The minimum absolute atomic E-state index is 0.407. The molecule has 0 atom stereocenters. The molecule has 2 N–H and O–H groups in total. The van der Waals surface area contributed by atoms with Gasteiger partial charge in [0.05, 0.1) is 29.1 Å². The van der Waals surface area contributed by atoms with E-state index in [1.807, 2.05) is 43.7 Å². The molecular weight excluding hydrogens is 436 g/mol. The molecule has 172 valence electrons. The Bertz CT molecular complexity index is 1010. The Morgan fingerprint density at radius 3 is 2.52 bits per heavy atom. The first kappa shape index (κ1) is 25.1. The first-order chi connectivity index (χ1) is 14.4. The fraction of sp³-hybridized carbons (Fsp3) is 0.524. The summed E-state index contributed by atoms with van der Waals surface area (Å²) in [6.45, 7) is 10.5. The van der Waals surface area contributed by atoms with Crippen molar-refractivity contribution in [2.75, 3.05) is 17.5 Å². The highest BCUT2D eigenvalue weighted by Gasteiger charge is 2.19. The van der Waals surface area contributed by atoms with Crippen molar-refractivity contribution in [2.24, 2.45) is 0 Å². The number of carbonyl (C=O) groups excluding carboxylic acids is 1. The second-order valence-corrected chi connectivity index (χ2v) is 10.9. The van der Waals surface area contributed by atoms with Crippen molar-refractivity contribution in [2.45, 2.75) is 69.4 Å². The van der Waals surface area contributed by atoms with Gasteiger partial charge < -0.3 is 10.1 Å². The molecule has 1 amide bonds. The molecule has 1 heterocycles. The Kier molecular flexibility index (Phi) is 8.41. The van der Waals surface area contributed by atoms with E-state index in [4.69, 9.17) is 9.84 Å². The molecule has 2 aromatic rings. The third-order valence-electron chi connectivity index (χ3n) is 4.10. The monoisotopic (exact) mass is 468 g/mol. The van der Waals surface area contributed by atoms with E-state index >= 15 is 0 Å². The topological polar surface area (TPSA) is 102 Å². The molecule has 0 spiro atoms. The zero-order valence-electron chi connectivity index (χ0n) is 19.0. The SMILES string of the molecule is CCc1nn(CCNC(=O)OC(C)(C)C)c(CC)c1Sc1cccc(NS(C)(=O)=O)c1. The van der Waals surface area contributed by atoms with Crippen LogP contribution in [0.3, 0.4) is 0 Å². The molecule has 1 aromatic carbocycles. The van der Waals surface area contributed by atoms with Gasteiger partial charge in [0, 0.05) is 17.1 Å². The largest absolute Gasteiger partial charge is 0.444 e. The summed E-state index contributed by atoms with van der Waals surface area (Å²) in [5.41, 5.74) is 2.04. The van der Waals surface area contributed by atoms with Crippen molar-refractivity contribution in [3.8, 4) is 0 Å². The molecular formula is C21H32N4O4S2. The van der Waals surface area contributed by atoms with Crippen LogP contribution in [0.4, 0.5) is 10.5 Å². The summed E-state index contributed by atoms with van der Waals surface area (Å²) in [6.07, 6.45) is 2.23. The van der Waals surface area contributed by atoms with Gasteiger partial charge in [-0.1, -0.05) is 31.7 Å². The number of sulfonamides is 1. The number of amides is 1. The van der Waals surface area contributed by atoms with E-state index in [0.717, 1.165) is 40.3 Å². The van der Waals surface area contributed by atoms with Crippen LogP contribution >= 0.6 is 11.8 Å². The minimum Gasteiger partial charge on any atom is -0.444 e. The summed E-state index contributed by atoms with van der Waals surface area (Å²) in [5.74, 6) is 0. The molecule has 0 aliphatic carbocycles. The highest BCUT2D eigenvalue weighted by atomic mass is 32.2. The lowest BCUT2D eigenvalue weighted by atomic mass is 10.2. The van der Waals surface area contributed by atoms with Gasteiger partial charge in [-0.3, -0.25) is 9.40 Å². The van der Waals surface area contributed by atoms with Gasteiger partial charge in [-0.2, -0.15) is 5.10 Å². The number of benzene rings is 1. The Morgan fingerprint density at radius 1 is 1.23 bits per heavy atom. The summed E-state index contributed by atoms with van der Waals surface area (Å²) in [6, 6.07) is 7.30. The second-order valence-electron chi connectivity index (χ2n) is 8.09. The molecule has 10 heteroatoms. The van der Waals surface area contributed by atoms with Gasteiger partial charge in [0.15, 0.2) is 0 Å². The summed E-state index contributed by atoms with van der Waals surface area (Å²) < 4.78 is 32.8. The standard InChI is InChI=1S/C21H32N4O4S2/c1-7-17-19(30-16-11-9-10-15(14-16)24-31(6,27)28)18(8-2)25(23-17)13-12-22-20(26)29-21(3,4)5/h9-11,14,24H,7-8,12-13H2,1-6H3,(H,22,26). The van der Waals surface area contributed by atoms with Crippen molar-refractivity contribution < 1.29 is 17.9 Å². The highest BCUT2D eigenvalue weighted by Crippen LogP contribution is 2.35. The van der Waals surface area contributed by atoms with E-state index in [2.05, 4.69) is 23.9 Å². The van der Waals surface area contributed by atoms with Gasteiger partial charge in [-0.25, -0.2) is 13.2 Å². The molecule has 0 aliphatic heterocycles. The van der Waals surface area contributed by atoms with Crippen molar-refractivity contribution in [1.82, 2.24) is 15.1 Å². The van der Waals surface area contributed by atoms with E-state index in [0.29, 0.717) is 18.8 Å². The third kappa shape index (κ3) is 8.10. The zero-order chi connectivity index (χ0) is 23.2. The zero-order valence-corrected chi connectivity index (χ0v) is 20.6. The van der Waals surface area contributed by atoms with Gasteiger partial charge in [-0.05, 0) is 51.8 Å². The molecule has 8 nitrogen and oxygen atoms in total. The van der Waals surface area contributed by atoms with E-state index in [1.54, 1.807) is 17.8 Å². The molecule has 2 rings (SSSR count). The van der Waals surface area contributed by atoms with Crippen LogP contribution in [0.15, 0.2) is 34.1 Å². The average Bonchev–Trinajstić information content (AvgIpc) is 2.95. The van der Waals surface area contributed by atoms with Crippen LogP contribution in [-0.2, 0) is 34.1 Å². The van der Waals surface area contributed by atoms with Crippen molar-refractivity contribution >= 4 is 33.6 Å². The first-order valence-corrected chi connectivity index (χ1v) is 12.9. The number of aryl methyl sites for hydroxylation is 1. The first-order valence-electron chi connectivity index (χ1n) is 10.2. The second kappa shape index (κ2) is 10.4. The number of carbonyl (C=O) groups is 1. The predicted molar refractivity (Wildman–Crippen MR) is 124 cm³/mol. The number of alkyl carbamates (subject to hydrolysis) is 1. The van der Waals surface area contributed by atoms with Crippen LogP contribution < -0.4 is 10.0 Å². The fourth-order valence-electron chi connectivity index (χ4n) is 2.95. The number of hydrogen-bond donors (Lipinski definition) is 2. The summed E-state index contributed by atoms with van der Waals surface area (Å²) >= 11 is 1.57. The van der Waals surface area contributed by atoms with Crippen molar-refractivity contribution in [3.05, 3.63) is 35.7 Å². The maximum Gasteiger partial charge on any atom is 0.407 e. The van der Waals surface area contributed by atoms with Crippen LogP contribution in [0.2, 0.25) is 0 Å². The van der Waals surface area contributed by atoms with Gasteiger partial charge in [0.25, 0.3) is 0 Å². The summed E-state index contributed by atoms with van der Waals surface area (Å²) in [4.78, 5) is 13.9. The van der Waals surface area contributed by atoms with Gasteiger partial charge >= 0.3 is 6.09 Å². The normalized spacial score (nSPS) is 11.9. The Balaban J connectivity index is 2.17. The van der Waals surface area contributed by atoms with E-state index in [1.165, 1.54) is 0 Å². The van der Waals surface area contributed by atoms with E-state index in [9.17, 15) is 13.2 Å². The minimum atomic E-state index is -3.34. The quantitative estimate of drug-likeness (QED) is 0.575. The van der Waals surface area contributed by atoms with Crippen LogP contribution in [0.1, 0.15) is 46.0 Å². The number of aromatic nitrogens is 2. The van der Waals surface area contributed by atoms with Gasteiger partial charge in [-0.15, -0.1) is 0 Å². The number of anilines is 1. The molecule has 0 fully saturated rings. The average molecular weight is 469 g/mol. The molecule has 0 saturated carbocycles. The summed E-state index contributed by atoms with van der Waals surface area (Å²) in [5, 5.41) is 7.51. The molecule has 0 saturated heterocycles. The smallest absolute Gasteiger partial charge is 0.407 e. The number of hydrogen-bond acceptors (Lipinski definition) is 6. The van der Waals surface area contributed by atoms with Crippen LogP contribution in [0.5, 0.6) is 0 Å². The van der Waals surface area contributed by atoms with Gasteiger partial charge in [0.1, 0.15) is 5.60 Å². The predicted octanol–water partition coefficient (Wildman–Crippen LogP) is 4.06. The molecule has 0 radical (unpaired) electrons. The Hall–Kier alpha value is -2.20. The lowest BCUT2D eigenvalue weighted by Gasteiger charge is -2.19. The van der Waals surface area contributed by atoms with Crippen LogP contribution in [0.25, 0.3) is 0 Å². The summed E-state index contributed by atoms with van der Waals surface area (Å²) in [7, 11) is -3.34. The lowest BCUT2D eigenvalue weighted by molar-refractivity contribution is 0.0525. The number of nitrogens with one attached hydrogen (secondary N) is 2. The third-order valence-corrected chi connectivity index (χ3v) is 5.87.